The molecule has 0 spiro atoms. The van der Waals surface area contributed by atoms with Crippen LogP contribution in [-0.4, -0.2) is 22.9 Å². The van der Waals surface area contributed by atoms with Gasteiger partial charge in [-0.25, -0.2) is 0 Å². The third-order valence-corrected chi connectivity index (χ3v) is 4.24. The molecule has 0 aliphatic heterocycles. The number of unbranched alkanes of at least 4 members (excludes halogenated alkanes) is 12. The number of hydrogen-bond acceptors (Lipinski definition) is 2. The third kappa shape index (κ3) is 17.7. The zero-order valence-electron chi connectivity index (χ0n) is 14.9. The molecule has 1 unspecified atom stereocenters. The Morgan fingerprint density at radius 3 is 1.91 bits per heavy atom. The minimum absolute atomic E-state index is 0.229. The van der Waals surface area contributed by atoms with E-state index in [-0.39, 0.29) is 6.10 Å². The number of aliphatic hydroxyl groups is 2. The molecule has 0 heterocycles. The number of rotatable bonds is 17. The Bertz CT molecular complexity index is 226. The lowest BCUT2D eigenvalue weighted by molar-refractivity contribution is 0.207. The Balaban J connectivity index is 3.21. The average Bonchev–Trinajstić information content (AvgIpc) is 2.52. The van der Waals surface area contributed by atoms with E-state index in [9.17, 15) is 5.11 Å². The van der Waals surface area contributed by atoms with Crippen molar-refractivity contribution in [1.82, 2.24) is 0 Å². The summed E-state index contributed by atoms with van der Waals surface area (Å²) in [4.78, 5) is 0. The molecular weight excluding hydrogens is 272 g/mol. The summed E-state index contributed by atoms with van der Waals surface area (Å²) in [5.74, 6) is 0. The fourth-order valence-corrected chi connectivity index (χ4v) is 2.74. The minimum atomic E-state index is -0.229. The Hall–Kier alpha value is -0.340. The second-order valence-corrected chi connectivity index (χ2v) is 6.54. The lowest BCUT2D eigenvalue weighted by Gasteiger charge is -2.05. The lowest BCUT2D eigenvalue weighted by Crippen LogP contribution is -2.01. The monoisotopic (exact) mass is 312 g/mol. The van der Waals surface area contributed by atoms with Gasteiger partial charge in [-0.1, -0.05) is 89.7 Å². The maximum Gasteiger partial charge on any atom is 0.0720 e. The second-order valence-electron chi connectivity index (χ2n) is 6.54. The number of aliphatic hydroxyl groups excluding tert-OH is 2. The molecule has 0 aliphatic carbocycles. The smallest absolute Gasteiger partial charge is 0.0720 e. The first-order valence-electron chi connectivity index (χ1n) is 9.76. The molecule has 0 aromatic carbocycles. The van der Waals surface area contributed by atoms with E-state index in [1.807, 2.05) is 6.08 Å². The van der Waals surface area contributed by atoms with Gasteiger partial charge in [0.2, 0.25) is 0 Å². The highest BCUT2D eigenvalue weighted by Gasteiger charge is 1.98. The molecule has 0 saturated heterocycles. The van der Waals surface area contributed by atoms with Crippen molar-refractivity contribution in [2.45, 2.75) is 109 Å². The van der Waals surface area contributed by atoms with Crippen LogP contribution in [-0.2, 0) is 0 Å². The first-order valence-corrected chi connectivity index (χ1v) is 9.76. The Kier molecular flexibility index (Phi) is 18.4. The number of hydrogen-bond donors (Lipinski definition) is 2. The summed E-state index contributed by atoms with van der Waals surface area (Å²) in [7, 11) is 0. The van der Waals surface area contributed by atoms with Gasteiger partial charge in [0.05, 0.1) is 6.10 Å². The summed E-state index contributed by atoms with van der Waals surface area (Å²) in [6.07, 6.45) is 22.2. The van der Waals surface area contributed by atoms with Gasteiger partial charge in [-0.05, 0) is 25.7 Å². The zero-order chi connectivity index (χ0) is 16.3. The van der Waals surface area contributed by atoms with Crippen LogP contribution in [0.2, 0.25) is 0 Å². The van der Waals surface area contributed by atoms with Crippen LogP contribution < -0.4 is 0 Å². The summed E-state index contributed by atoms with van der Waals surface area (Å²) in [6, 6.07) is 0. The molecule has 2 nitrogen and oxygen atoms in total. The molecule has 0 saturated carbocycles. The highest BCUT2D eigenvalue weighted by molar-refractivity contribution is 4.88. The van der Waals surface area contributed by atoms with Gasteiger partial charge in [-0.2, -0.15) is 0 Å². The predicted molar refractivity (Wildman–Crippen MR) is 97.2 cm³/mol. The minimum Gasteiger partial charge on any atom is -0.396 e. The Morgan fingerprint density at radius 2 is 1.27 bits per heavy atom. The fraction of sp³-hybridized carbons (Fsp3) is 0.900. The average molecular weight is 313 g/mol. The molecule has 0 aliphatic rings. The second kappa shape index (κ2) is 18.7. The SMILES string of the molecule is CCCCCCCC(O)/C=C/CCCCCCCCCCO. The largest absolute Gasteiger partial charge is 0.396 e. The molecule has 2 heteroatoms. The summed E-state index contributed by atoms with van der Waals surface area (Å²) in [5, 5.41) is 18.5. The molecule has 2 N–H and O–H groups in total. The van der Waals surface area contributed by atoms with E-state index in [0.29, 0.717) is 6.61 Å². The molecule has 0 aromatic rings. The molecular formula is C20H40O2. The quantitative estimate of drug-likeness (QED) is 0.264. The van der Waals surface area contributed by atoms with E-state index in [1.165, 1.54) is 70.6 Å². The van der Waals surface area contributed by atoms with Crippen LogP contribution in [0, 0.1) is 0 Å². The van der Waals surface area contributed by atoms with Crippen LogP contribution in [0.25, 0.3) is 0 Å². The van der Waals surface area contributed by atoms with Crippen LogP contribution in [0.4, 0.5) is 0 Å². The maximum absolute atomic E-state index is 9.84. The van der Waals surface area contributed by atoms with Crippen LogP contribution in [0.1, 0.15) is 103 Å². The van der Waals surface area contributed by atoms with E-state index in [0.717, 1.165) is 25.7 Å². The first kappa shape index (κ1) is 21.7. The van der Waals surface area contributed by atoms with Crippen LogP contribution in [0.15, 0.2) is 12.2 Å². The van der Waals surface area contributed by atoms with Crippen molar-refractivity contribution in [3.05, 3.63) is 12.2 Å². The number of allylic oxidation sites excluding steroid dienone is 1. The maximum atomic E-state index is 9.84. The van der Waals surface area contributed by atoms with Gasteiger partial charge < -0.3 is 10.2 Å². The van der Waals surface area contributed by atoms with Crippen molar-refractivity contribution >= 4 is 0 Å². The Morgan fingerprint density at radius 1 is 0.727 bits per heavy atom. The van der Waals surface area contributed by atoms with Crippen LogP contribution in [0.3, 0.4) is 0 Å². The van der Waals surface area contributed by atoms with Crippen LogP contribution in [0.5, 0.6) is 0 Å². The molecule has 0 fully saturated rings. The molecule has 1 atom stereocenters. The van der Waals surface area contributed by atoms with Crippen molar-refractivity contribution in [2.75, 3.05) is 6.61 Å². The molecule has 132 valence electrons. The van der Waals surface area contributed by atoms with Crippen molar-refractivity contribution < 1.29 is 10.2 Å². The van der Waals surface area contributed by atoms with Crippen LogP contribution >= 0.6 is 0 Å². The summed E-state index contributed by atoms with van der Waals surface area (Å²) in [6.45, 7) is 2.58. The van der Waals surface area contributed by atoms with Gasteiger partial charge in [0.1, 0.15) is 0 Å². The fourth-order valence-electron chi connectivity index (χ4n) is 2.74. The van der Waals surface area contributed by atoms with Gasteiger partial charge in [0.25, 0.3) is 0 Å². The van der Waals surface area contributed by atoms with E-state index < -0.39 is 0 Å². The van der Waals surface area contributed by atoms with Gasteiger partial charge in [0, 0.05) is 6.61 Å². The topological polar surface area (TPSA) is 40.5 Å². The highest BCUT2D eigenvalue weighted by Crippen LogP contribution is 2.11. The standard InChI is InChI=1S/C20H40O2/c1-2-3-4-11-14-17-20(22)18-15-12-9-7-5-6-8-10-13-16-19-21/h15,18,20-22H,2-14,16-17,19H2,1H3/b18-15+. The predicted octanol–water partition coefficient (Wildman–Crippen LogP) is 5.77. The van der Waals surface area contributed by atoms with E-state index >= 15 is 0 Å². The molecule has 0 aromatic heterocycles. The van der Waals surface area contributed by atoms with E-state index in [1.54, 1.807) is 0 Å². The lowest BCUT2D eigenvalue weighted by atomic mass is 10.1. The molecule has 22 heavy (non-hydrogen) atoms. The van der Waals surface area contributed by atoms with E-state index in [2.05, 4.69) is 13.0 Å². The normalized spacial score (nSPS) is 13.0. The van der Waals surface area contributed by atoms with Gasteiger partial charge in [0.15, 0.2) is 0 Å². The molecule has 0 bridgehead atoms. The van der Waals surface area contributed by atoms with Crippen molar-refractivity contribution in [2.24, 2.45) is 0 Å². The van der Waals surface area contributed by atoms with Crippen molar-refractivity contribution in [1.29, 1.82) is 0 Å². The van der Waals surface area contributed by atoms with Crippen molar-refractivity contribution in [3.8, 4) is 0 Å². The van der Waals surface area contributed by atoms with Gasteiger partial charge >= 0.3 is 0 Å². The third-order valence-electron chi connectivity index (χ3n) is 4.24. The van der Waals surface area contributed by atoms with Gasteiger partial charge in [-0.15, -0.1) is 0 Å². The highest BCUT2D eigenvalue weighted by atomic mass is 16.3. The van der Waals surface area contributed by atoms with Gasteiger partial charge in [-0.3, -0.25) is 0 Å². The first-order chi connectivity index (χ1) is 10.8. The van der Waals surface area contributed by atoms with Crippen molar-refractivity contribution in [3.63, 3.8) is 0 Å². The molecule has 0 amide bonds. The Labute approximate surface area is 139 Å². The van der Waals surface area contributed by atoms with E-state index in [4.69, 9.17) is 5.11 Å². The summed E-state index contributed by atoms with van der Waals surface area (Å²) >= 11 is 0. The summed E-state index contributed by atoms with van der Waals surface area (Å²) in [5.41, 5.74) is 0. The molecule has 0 rings (SSSR count). The zero-order valence-corrected chi connectivity index (χ0v) is 14.9. The molecule has 0 radical (unpaired) electrons. The summed E-state index contributed by atoms with van der Waals surface area (Å²) < 4.78 is 0.